The second kappa shape index (κ2) is 7.75. The van der Waals surface area contributed by atoms with Crippen molar-refractivity contribution in [3.63, 3.8) is 0 Å². The Balaban J connectivity index is 1.71. The zero-order valence-electron chi connectivity index (χ0n) is 11.0. The van der Waals surface area contributed by atoms with E-state index in [1.807, 2.05) is 18.2 Å². The molecule has 0 atom stereocenters. The molecule has 1 heterocycles. The first-order chi connectivity index (χ1) is 10.1. The molecule has 7 heteroatoms. The Hall–Kier alpha value is -1.92. The molecule has 1 aromatic heterocycles. The number of carbonyl (C=O) groups is 2. The molecule has 0 unspecified atom stereocenters. The summed E-state index contributed by atoms with van der Waals surface area (Å²) in [5.74, 6) is 0.331. The van der Waals surface area contributed by atoms with E-state index in [2.05, 4.69) is 10.6 Å². The van der Waals surface area contributed by atoms with E-state index in [-0.39, 0.29) is 12.3 Å². The third-order valence-corrected chi connectivity index (χ3v) is 3.97. The van der Waals surface area contributed by atoms with Crippen molar-refractivity contribution in [2.24, 2.45) is 0 Å². The number of hydrogen-bond acceptors (Lipinski definition) is 4. The van der Waals surface area contributed by atoms with Crippen LogP contribution in [0.1, 0.15) is 5.76 Å². The molecule has 110 valence electrons. The zero-order chi connectivity index (χ0) is 15.1. The Kier molecular flexibility index (Phi) is 5.71. The van der Waals surface area contributed by atoms with E-state index in [4.69, 9.17) is 16.0 Å². The molecular formula is C14H13ClN2O3S. The molecule has 0 bridgehead atoms. The molecular weight excluding hydrogens is 312 g/mol. The lowest BCUT2D eigenvalue weighted by molar-refractivity contribution is -0.117. The fraction of sp³-hybridized carbons (Fsp3) is 0.143. The molecule has 21 heavy (non-hydrogen) atoms. The van der Waals surface area contributed by atoms with Gasteiger partial charge >= 0.3 is 6.03 Å². The highest BCUT2D eigenvalue weighted by atomic mass is 35.5. The SMILES string of the molecule is O=C(CSc1ccccc1Cl)NC(=O)NCc1ccco1. The average molecular weight is 325 g/mol. The van der Waals surface area contributed by atoms with Crippen molar-refractivity contribution in [3.8, 4) is 0 Å². The summed E-state index contributed by atoms with van der Waals surface area (Å²) >= 11 is 7.25. The van der Waals surface area contributed by atoms with Crippen LogP contribution >= 0.6 is 23.4 Å². The van der Waals surface area contributed by atoms with Crippen LogP contribution in [0.3, 0.4) is 0 Å². The minimum atomic E-state index is -0.559. The minimum absolute atomic E-state index is 0.109. The summed E-state index contributed by atoms with van der Waals surface area (Å²) < 4.78 is 5.06. The van der Waals surface area contributed by atoms with Crippen molar-refractivity contribution >= 4 is 35.3 Å². The summed E-state index contributed by atoms with van der Waals surface area (Å²) in [5.41, 5.74) is 0. The van der Waals surface area contributed by atoms with E-state index in [1.54, 1.807) is 18.2 Å². The first-order valence-corrected chi connectivity index (χ1v) is 7.49. The molecule has 0 aliphatic carbocycles. The second-order valence-corrected chi connectivity index (χ2v) is 5.45. The predicted molar refractivity (Wildman–Crippen MR) is 81.3 cm³/mol. The summed E-state index contributed by atoms with van der Waals surface area (Å²) in [6, 6.07) is 10.1. The topological polar surface area (TPSA) is 71.3 Å². The van der Waals surface area contributed by atoms with Crippen molar-refractivity contribution < 1.29 is 14.0 Å². The quantitative estimate of drug-likeness (QED) is 0.829. The molecule has 0 saturated heterocycles. The van der Waals surface area contributed by atoms with Crippen LogP contribution < -0.4 is 10.6 Å². The van der Waals surface area contributed by atoms with E-state index in [0.717, 1.165) is 4.90 Å². The highest BCUT2D eigenvalue weighted by Crippen LogP contribution is 2.26. The Bertz CT molecular complexity index is 616. The Morgan fingerprint density at radius 3 is 2.71 bits per heavy atom. The van der Waals surface area contributed by atoms with Crippen LogP contribution in [0.2, 0.25) is 5.02 Å². The first kappa shape index (κ1) is 15.5. The van der Waals surface area contributed by atoms with Crippen LogP contribution in [0.4, 0.5) is 4.79 Å². The van der Waals surface area contributed by atoms with Gasteiger partial charge in [0.25, 0.3) is 0 Å². The van der Waals surface area contributed by atoms with Gasteiger partial charge in [-0.15, -0.1) is 11.8 Å². The average Bonchev–Trinajstić information content (AvgIpc) is 2.97. The van der Waals surface area contributed by atoms with Gasteiger partial charge in [-0.25, -0.2) is 4.79 Å². The smallest absolute Gasteiger partial charge is 0.321 e. The van der Waals surface area contributed by atoms with Gasteiger partial charge in [0, 0.05) is 4.90 Å². The van der Waals surface area contributed by atoms with Gasteiger partial charge in [-0.1, -0.05) is 23.7 Å². The van der Waals surface area contributed by atoms with Gasteiger partial charge in [0.05, 0.1) is 23.6 Å². The normalized spacial score (nSPS) is 10.1. The molecule has 5 nitrogen and oxygen atoms in total. The first-order valence-electron chi connectivity index (χ1n) is 6.12. The van der Waals surface area contributed by atoms with Crippen molar-refractivity contribution in [1.82, 2.24) is 10.6 Å². The maximum atomic E-state index is 11.6. The lowest BCUT2D eigenvalue weighted by atomic mass is 10.4. The van der Waals surface area contributed by atoms with E-state index in [0.29, 0.717) is 10.8 Å². The zero-order valence-corrected chi connectivity index (χ0v) is 12.5. The number of benzene rings is 1. The summed E-state index contributed by atoms with van der Waals surface area (Å²) in [6.07, 6.45) is 1.51. The predicted octanol–water partition coefficient (Wildman–Crippen LogP) is 3.05. The van der Waals surface area contributed by atoms with Gasteiger partial charge in [-0.2, -0.15) is 0 Å². The van der Waals surface area contributed by atoms with E-state index in [9.17, 15) is 9.59 Å². The lowest BCUT2D eigenvalue weighted by Gasteiger charge is -2.06. The molecule has 0 fully saturated rings. The van der Waals surface area contributed by atoms with Crippen molar-refractivity contribution in [3.05, 3.63) is 53.4 Å². The standard InChI is InChI=1S/C14H13ClN2O3S/c15-11-5-1-2-6-12(11)21-9-13(18)17-14(19)16-8-10-4-3-7-20-10/h1-7H,8-9H2,(H2,16,17,18,19). The highest BCUT2D eigenvalue weighted by molar-refractivity contribution is 8.00. The van der Waals surface area contributed by atoms with Crippen molar-refractivity contribution in [1.29, 1.82) is 0 Å². The molecule has 2 N–H and O–H groups in total. The number of nitrogens with one attached hydrogen (secondary N) is 2. The number of imide groups is 1. The van der Waals surface area contributed by atoms with E-state index >= 15 is 0 Å². The van der Waals surface area contributed by atoms with Crippen LogP contribution in [-0.4, -0.2) is 17.7 Å². The van der Waals surface area contributed by atoms with Gasteiger partial charge in [0.2, 0.25) is 5.91 Å². The largest absolute Gasteiger partial charge is 0.467 e. The van der Waals surface area contributed by atoms with E-state index in [1.165, 1.54) is 18.0 Å². The summed E-state index contributed by atoms with van der Waals surface area (Å²) in [4.78, 5) is 23.9. The molecule has 2 aromatic rings. The van der Waals surface area contributed by atoms with E-state index < -0.39 is 11.9 Å². The third kappa shape index (κ3) is 5.17. The monoisotopic (exact) mass is 324 g/mol. The number of amides is 3. The number of rotatable bonds is 5. The number of urea groups is 1. The fourth-order valence-electron chi connectivity index (χ4n) is 1.49. The summed E-state index contributed by atoms with van der Waals surface area (Å²) in [5, 5.41) is 5.34. The number of halogens is 1. The van der Waals surface area contributed by atoms with Gasteiger partial charge < -0.3 is 9.73 Å². The second-order valence-electron chi connectivity index (χ2n) is 4.03. The number of furan rings is 1. The van der Waals surface area contributed by atoms with Crippen LogP contribution in [0.15, 0.2) is 52.0 Å². The van der Waals surface area contributed by atoms with Gasteiger partial charge in [-0.05, 0) is 24.3 Å². The number of carbonyl (C=O) groups excluding carboxylic acids is 2. The Morgan fingerprint density at radius 2 is 2.00 bits per heavy atom. The molecule has 1 aromatic carbocycles. The van der Waals surface area contributed by atoms with Crippen molar-refractivity contribution in [2.75, 3.05) is 5.75 Å². The van der Waals surface area contributed by atoms with Crippen LogP contribution in [0.5, 0.6) is 0 Å². The minimum Gasteiger partial charge on any atom is -0.467 e. The molecule has 2 rings (SSSR count). The van der Waals surface area contributed by atoms with Gasteiger partial charge in [-0.3, -0.25) is 10.1 Å². The van der Waals surface area contributed by atoms with Crippen LogP contribution in [0, 0.1) is 0 Å². The van der Waals surface area contributed by atoms with Gasteiger partial charge in [0.15, 0.2) is 0 Å². The van der Waals surface area contributed by atoms with Crippen LogP contribution in [0.25, 0.3) is 0 Å². The molecule has 0 saturated carbocycles. The number of hydrogen-bond donors (Lipinski definition) is 2. The Morgan fingerprint density at radius 1 is 1.19 bits per heavy atom. The summed E-state index contributed by atoms with van der Waals surface area (Å²) in [7, 11) is 0. The highest BCUT2D eigenvalue weighted by Gasteiger charge is 2.09. The third-order valence-electron chi connectivity index (χ3n) is 2.45. The fourth-order valence-corrected chi connectivity index (χ4v) is 2.53. The molecule has 0 aliphatic heterocycles. The lowest BCUT2D eigenvalue weighted by Crippen LogP contribution is -2.39. The maximum Gasteiger partial charge on any atom is 0.321 e. The molecule has 0 aliphatic rings. The van der Waals surface area contributed by atoms with Crippen LogP contribution in [-0.2, 0) is 11.3 Å². The molecule has 0 radical (unpaired) electrons. The van der Waals surface area contributed by atoms with Crippen molar-refractivity contribution in [2.45, 2.75) is 11.4 Å². The Labute approximate surface area is 131 Å². The summed E-state index contributed by atoms with van der Waals surface area (Å²) in [6.45, 7) is 0.226. The maximum absolute atomic E-state index is 11.6. The number of thioether (sulfide) groups is 1. The molecule has 0 spiro atoms. The van der Waals surface area contributed by atoms with Gasteiger partial charge in [0.1, 0.15) is 5.76 Å². The molecule has 3 amide bonds.